The molecule has 0 amide bonds. The maximum atomic E-state index is 2.61. The largest absolute Gasteiger partial charge is 0.113 e. The molecular weight excluding hydrogens is 677 g/mol. The molecule has 0 saturated carbocycles. The molecule has 1 heteroatoms. The Labute approximate surface area is 323 Å². The summed E-state index contributed by atoms with van der Waals surface area (Å²) in [5, 5.41) is 13.3. The smallest absolute Gasteiger partial charge is 0.0623 e. The van der Waals surface area contributed by atoms with E-state index in [0.717, 1.165) is 0 Å². The topological polar surface area (TPSA) is 0 Å². The van der Waals surface area contributed by atoms with Crippen molar-refractivity contribution in [2.24, 2.45) is 0 Å². The highest BCUT2D eigenvalue weighted by Gasteiger charge is 2.38. The van der Waals surface area contributed by atoms with Gasteiger partial charge in [0.1, 0.15) is 8.07 Å². The molecule has 55 heavy (non-hydrogen) atoms. The summed E-state index contributed by atoms with van der Waals surface area (Å²) < 4.78 is 0. The van der Waals surface area contributed by atoms with Crippen LogP contribution in [0.1, 0.15) is 0 Å². The summed E-state index contributed by atoms with van der Waals surface area (Å²) in [6, 6.07) is 72.8. The first-order valence-electron chi connectivity index (χ1n) is 19.3. The van der Waals surface area contributed by atoms with Gasteiger partial charge in [0.2, 0.25) is 0 Å². The number of benzene rings is 10. The molecule has 0 spiro atoms. The molecular formula is C54H38Si. The van der Waals surface area contributed by atoms with E-state index in [1.807, 2.05) is 0 Å². The van der Waals surface area contributed by atoms with E-state index in [9.17, 15) is 0 Å². The van der Waals surface area contributed by atoms with E-state index in [1.165, 1.54) is 109 Å². The third-order valence-corrected chi connectivity index (χ3v) is 15.7. The molecule has 10 aromatic carbocycles. The van der Waals surface area contributed by atoms with Gasteiger partial charge in [-0.2, -0.15) is 0 Å². The molecule has 0 aromatic heterocycles. The predicted octanol–water partition coefficient (Wildman–Crippen LogP) is 13.8. The van der Waals surface area contributed by atoms with Gasteiger partial charge in [0.15, 0.2) is 0 Å². The standard InChI is InChI=1S/C54H38Si/c1-55(2)51-22-11-10-21-45(51)47-33-49-50(34-52(47)55)54(44-26-24-37-16-7-9-18-39(37)31-44)48-32-42(41-20-12-19-40(29-41)35-13-4-3-5-14-35)27-28-46(48)53(49)43-25-23-36-15-6-8-17-38(36)30-43/h3-34H,1-2H3. The fraction of sp³-hybridized carbons (Fsp3) is 0.0370. The second-order valence-corrected chi connectivity index (χ2v) is 20.0. The SMILES string of the molecule is C[Si]1(C)c2ccccc2-c2cc3c(-c4ccc5ccccc5c4)c4ccc(-c5cccc(-c6ccccc6)c5)cc4c(-c4ccc5ccccc5c4)c3cc21. The van der Waals surface area contributed by atoms with Crippen molar-refractivity contribution in [2.75, 3.05) is 0 Å². The molecule has 0 nitrogen and oxygen atoms in total. The lowest BCUT2D eigenvalue weighted by Gasteiger charge is -2.23. The Balaban J connectivity index is 1.28. The second kappa shape index (κ2) is 12.2. The van der Waals surface area contributed by atoms with Crippen LogP contribution in [0.15, 0.2) is 194 Å². The molecule has 0 bridgehead atoms. The van der Waals surface area contributed by atoms with E-state index in [4.69, 9.17) is 0 Å². The maximum Gasteiger partial charge on any atom is 0.113 e. The summed E-state index contributed by atoms with van der Waals surface area (Å²) in [5.41, 5.74) is 12.8. The van der Waals surface area contributed by atoms with Crippen LogP contribution in [-0.4, -0.2) is 8.07 Å². The van der Waals surface area contributed by atoms with E-state index < -0.39 is 8.07 Å². The van der Waals surface area contributed by atoms with Crippen molar-refractivity contribution in [3.8, 4) is 55.6 Å². The minimum absolute atomic E-state index is 1.22. The molecule has 1 aliphatic rings. The van der Waals surface area contributed by atoms with Gasteiger partial charge in [-0.25, -0.2) is 0 Å². The zero-order valence-corrected chi connectivity index (χ0v) is 32.0. The van der Waals surface area contributed by atoms with Crippen LogP contribution in [0, 0.1) is 0 Å². The van der Waals surface area contributed by atoms with Gasteiger partial charge >= 0.3 is 0 Å². The Kier molecular flexibility index (Phi) is 7.11. The first-order valence-corrected chi connectivity index (χ1v) is 22.3. The van der Waals surface area contributed by atoms with Crippen LogP contribution < -0.4 is 10.4 Å². The molecule has 11 rings (SSSR count). The van der Waals surface area contributed by atoms with Crippen molar-refractivity contribution in [1.29, 1.82) is 0 Å². The molecule has 1 aliphatic heterocycles. The monoisotopic (exact) mass is 714 g/mol. The third-order valence-electron chi connectivity index (χ3n) is 12.2. The van der Waals surface area contributed by atoms with Crippen molar-refractivity contribution in [2.45, 2.75) is 13.1 Å². The van der Waals surface area contributed by atoms with E-state index in [-0.39, 0.29) is 0 Å². The van der Waals surface area contributed by atoms with Crippen LogP contribution in [0.3, 0.4) is 0 Å². The lowest BCUT2D eigenvalue weighted by molar-refractivity contribution is 1.60. The second-order valence-electron chi connectivity index (χ2n) is 15.7. The molecule has 10 aromatic rings. The highest BCUT2D eigenvalue weighted by Crippen LogP contribution is 2.47. The van der Waals surface area contributed by atoms with Gasteiger partial charge in [0.05, 0.1) is 0 Å². The quantitative estimate of drug-likeness (QED) is 0.126. The summed E-state index contributed by atoms with van der Waals surface area (Å²) in [4.78, 5) is 0. The van der Waals surface area contributed by atoms with Gasteiger partial charge in [-0.1, -0.05) is 177 Å². The third kappa shape index (κ3) is 5.04. The normalized spacial score (nSPS) is 13.1. The summed E-state index contributed by atoms with van der Waals surface area (Å²) in [6.07, 6.45) is 0. The Hall–Kier alpha value is -6.54. The maximum absolute atomic E-state index is 2.61. The fourth-order valence-corrected chi connectivity index (χ4v) is 12.5. The summed E-state index contributed by atoms with van der Waals surface area (Å²) >= 11 is 0. The van der Waals surface area contributed by atoms with Crippen LogP contribution in [0.4, 0.5) is 0 Å². The van der Waals surface area contributed by atoms with Gasteiger partial charge in [0, 0.05) is 0 Å². The molecule has 1 heterocycles. The zero-order chi connectivity index (χ0) is 36.7. The van der Waals surface area contributed by atoms with Crippen molar-refractivity contribution in [1.82, 2.24) is 0 Å². The van der Waals surface area contributed by atoms with Gasteiger partial charge in [-0.05, 0) is 139 Å². The first kappa shape index (κ1) is 31.9. The summed E-state index contributed by atoms with van der Waals surface area (Å²) in [6.45, 7) is 5.06. The average molecular weight is 715 g/mol. The molecule has 0 saturated heterocycles. The van der Waals surface area contributed by atoms with Crippen LogP contribution in [0.5, 0.6) is 0 Å². The van der Waals surface area contributed by atoms with Crippen molar-refractivity contribution < 1.29 is 0 Å². The molecule has 0 atom stereocenters. The Morgan fingerprint density at radius 3 is 1.49 bits per heavy atom. The summed E-state index contributed by atoms with van der Waals surface area (Å²) in [7, 11) is -1.97. The molecule has 258 valence electrons. The Morgan fingerprint density at radius 2 is 0.782 bits per heavy atom. The highest BCUT2D eigenvalue weighted by molar-refractivity contribution is 7.04. The van der Waals surface area contributed by atoms with Crippen LogP contribution in [0.25, 0.3) is 98.7 Å². The predicted molar refractivity (Wildman–Crippen MR) is 240 cm³/mol. The average Bonchev–Trinajstić information content (AvgIpc) is 3.46. The van der Waals surface area contributed by atoms with Gasteiger partial charge in [-0.3, -0.25) is 0 Å². The van der Waals surface area contributed by atoms with Crippen LogP contribution in [-0.2, 0) is 0 Å². The lowest BCUT2D eigenvalue weighted by Crippen LogP contribution is -2.49. The van der Waals surface area contributed by atoms with E-state index in [1.54, 1.807) is 0 Å². The molecule has 0 N–H and O–H groups in total. The summed E-state index contributed by atoms with van der Waals surface area (Å²) in [5.74, 6) is 0. The molecule has 0 unspecified atom stereocenters. The molecule has 0 aliphatic carbocycles. The van der Waals surface area contributed by atoms with Crippen LogP contribution in [0.2, 0.25) is 13.1 Å². The van der Waals surface area contributed by atoms with Crippen molar-refractivity contribution >= 4 is 61.5 Å². The van der Waals surface area contributed by atoms with Crippen molar-refractivity contribution in [3.05, 3.63) is 194 Å². The lowest BCUT2D eigenvalue weighted by atomic mass is 9.83. The van der Waals surface area contributed by atoms with Crippen LogP contribution >= 0.6 is 0 Å². The number of rotatable bonds is 4. The zero-order valence-electron chi connectivity index (χ0n) is 31.0. The molecule has 0 radical (unpaired) electrons. The van der Waals surface area contributed by atoms with Gasteiger partial charge < -0.3 is 0 Å². The minimum Gasteiger partial charge on any atom is -0.0623 e. The van der Waals surface area contributed by atoms with Gasteiger partial charge in [-0.15, -0.1) is 0 Å². The van der Waals surface area contributed by atoms with Gasteiger partial charge in [0.25, 0.3) is 0 Å². The van der Waals surface area contributed by atoms with E-state index in [0.29, 0.717) is 0 Å². The Bertz CT molecular complexity index is 3170. The van der Waals surface area contributed by atoms with E-state index >= 15 is 0 Å². The Morgan fingerprint density at radius 1 is 0.273 bits per heavy atom. The molecule has 0 fully saturated rings. The first-order chi connectivity index (χ1) is 27.0. The number of fused-ring (bicyclic) bond motifs is 7. The number of hydrogen-bond acceptors (Lipinski definition) is 0. The minimum atomic E-state index is -1.97. The van der Waals surface area contributed by atoms with Crippen molar-refractivity contribution in [3.63, 3.8) is 0 Å². The highest BCUT2D eigenvalue weighted by atomic mass is 28.3. The van der Waals surface area contributed by atoms with E-state index in [2.05, 4.69) is 207 Å². The number of hydrogen-bond donors (Lipinski definition) is 0. The fourth-order valence-electron chi connectivity index (χ4n) is 9.42.